The number of nitrogens with one attached hydrogen (secondary N) is 1. The Morgan fingerprint density at radius 2 is 1.88 bits per heavy atom. The normalized spacial score (nSPS) is 11.5. The van der Waals surface area contributed by atoms with Gasteiger partial charge in [0.1, 0.15) is 0 Å². The Bertz CT molecular complexity index is 841. The molecule has 25 heavy (non-hydrogen) atoms. The van der Waals surface area contributed by atoms with Crippen LogP contribution in [0.15, 0.2) is 42.5 Å². The van der Waals surface area contributed by atoms with Gasteiger partial charge < -0.3 is 10.1 Å². The highest BCUT2D eigenvalue weighted by Crippen LogP contribution is 2.26. The summed E-state index contributed by atoms with van der Waals surface area (Å²) in [5.74, 6) is -1.46. The van der Waals surface area contributed by atoms with Crippen LogP contribution in [-0.2, 0) is 9.53 Å². The number of nitrogens with zero attached hydrogens (tertiary/aromatic N) is 1. The SMILES string of the molecule is CC(OC(=O)c1cccc(Cl)c1Cl)C(=O)Nc1cccc([N+](=O)[O-])c1. The molecule has 2 aromatic rings. The van der Waals surface area contributed by atoms with Gasteiger partial charge in [0.2, 0.25) is 0 Å². The van der Waals surface area contributed by atoms with E-state index in [9.17, 15) is 19.7 Å². The van der Waals surface area contributed by atoms with Crippen molar-refractivity contribution in [2.75, 3.05) is 5.32 Å². The summed E-state index contributed by atoms with van der Waals surface area (Å²) in [6, 6.07) is 9.85. The Balaban J connectivity index is 2.05. The number of amides is 1. The van der Waals surface area contributed by atoms with Gasteiger partial charge in [0.05, 0.1) is 20.5 Å². The van der Waals surface area contributed by atoms with Gasteiger partial charge in [-0.2, -0.15) is 0 Å². The number of nitro benzene ring substituents is 1. The summed E-state index contributed by atoms with van der Waals surface area (Å²) in [7, 11) is 0. The predicted octanol–water partition coefficient (Wildman–Crippen LogP) is 4.09. The van der Waals surface area contributed by atoms with Crippen LogP contribution >= 0.6 is 23.2 Å². The second-order valence-electron chi connectivity index (χ2n) is 4.95. The number of rotatable bonds is 5. The van der Waals surface area contributed by atoms with E-state index in [0.29, 0.717) is 0 Å². The van der Waals surface area contributed by atoms with Crippen molar-refractivity contribution in [2.45, 2.75) is 13.0 Å². The molecule has 0 radical (unpaired) electrons. The molecule has 1 unspecified atom stereocenters. The minimum absolute atomic E-state index is 0.0282. The number of ether oxygens (including phenoxy) is 1. The number of benzene rings is 2. The zero-order chi connectivity index (χ0) is 18.6. The van der Waals surface area contributed by atoms with E-state index in [1.807, 2.05) is 0 Å². The monoisotopic (exact) mass is 382 g/mol. The molecule has 9 heteroatoms. The summed E-state index contributed by atoms with van der Waals surface area (Å²) in [6.45, 7) is 1.36. The molecule has 1 N–H and O–H groups in total. The molecule has 0 fully saturated rings. The van der Waals surface area contributed by atoms with Crippen molar-refractivity contribution in [3.05, 3.63) is 68.2 Å². The number of halogens is 2. The van der Waals surface area contributed by atoms with Crippen molar-refractivity contribution in [1.82, 2.24) is 0 Å². The topological polar surface area (TPSA) is 98.5 Å². The fourth-order valence-electron chi connectivity index (χ4n) is 1.88. The molecule has 0 heterocycles. The average Bonchev–Trinajstić information content (AvgIpc) is 2.57. The van der Waals surface area contributed by atoms with Crippen LogP contribution in [-0.4, -0.2) is 22.9 Å². The minimum atomic E-state index is -1.15. The third-order valence-electron chi connectivity index (χ3n) is 3.15. The Morgan fingerprint density at radius 3 is 2.56 bits per heavy atom. The average molecular weight is 383 g/mol. The predicted molar refractivity (Wildman–Crippen MR) is 93.1 cm³/mol. The smallest absolute Gasteiger partial charge is 0.340 e. The molecule has 0 aromatic heterocycles. The van der Waals surface area contributed by atoms with E-state index in [4.69, 9.17) is 27.9 Å². The standard InChI is InChI=1S/C16H12Cl2N2O5/c1-9(25-16(22)12-6-3-7-13(17)14(12)18)15(21)19-10-4-2-5-11(8-10)20(23)24/h2-9H,1H3,(H,19,21). The fraction of sp³-hybridized carbons (Fsp3) is 0.125. The lowest BCUT2D eigenvalue weighted by Crippen LogP contribution is -2.30. The molecule has 0 aliphatic heterocycles. The number of nitro groups is 1. The van der Waals surface area contributed by atoms with Crippen molar-refractivity contribution < 1.29 is 19.2 Å². The Morgan fingerprint density at radius 1 is 1.20 bits per heavy atom. The number of carbonyl (C=O) groups is 2. The summed E-state index contributed by atoms with van der Waals surface area (Å²) in [6.07, 6.45) is -1.15. The van der Waals surface area contributed by atoms with Crippen molar-refractivity contribution >= 4 is 46.5 Å². The highest BCUT2D eigenvalue weighted by Gasteiger charge is 2.22. The number of carbonyl (C=O) groups excluding carboxylic acids is 2. The molecule has 130 valence electrons. The fourth-order valence-corrected chi connectivity index (χ4v) is 2.26. The second-order valence-corrected chi connectivity index (χ2v) is 5.73. The summed E-state index contributed by atoms with van der Waals surface area (Å²) < 4.78 is 5.06. The van der Waals surface area contributed by atoms with Gasteiger partial charge in [-0.25, -0.2) is 4.79 Å². The lowest BCUT2D eigenvalue weighted by atomic mass is 10.2. The molecular weight excluding hydrogens is 371 g/mol. The first kappa shape index (κ1) is 18.7. The van der Waals surface area contributed by atoms with Gasteiger partial charge in [0, 0.05) is 17.8 Å². The van der Waals surface area contributed by atoms with E-state index >= 15 is 0 Å². The summed E-state index contributed by atoms with van der Waals surface area (Å²) >= 11 is 11.8. The number of non-ortho nitro benzene ring substituents is 1. The molecule has 2 rings (SSSR count). The zero-order valence-electron chi connectivity index (χ0n) is 12.9. The molecule has 0 aliphatic carbocycles. The van der Waals surface area contributed by atoms with Gasteiger partial charge in [-0.15, -0.1) is 0 Å². The number of hydrogen-bond acceptors (Lipinski definition) is 5. The van der Waals surface area contributed by atoms with Gasteiger partial charge >= 0.3 is 5.97 Å². The van der Waals surface area contributed by atoms with Crippen LogP contribution in [0.5, 0.6) is 0 Å². The molecule has 0 bridgehead atoms. The highest BCUT2D eigenvalue weighted by molar-refractivity contribution is 6.43. The van der Waals surface area contributed by atoms with Crippen LogP contribution in [0.3, 0.4) is 0 Å². The van der Waals surface area contributed by atoms with E-state index in [-0.39, 0.29) is 27.0 Å². The van der Waals surface area contributed by atoms with Crippen molar-refractivity contribution in [1.29, 1.82) is 0 Å². The first-order valence-corrected chi connectivity index (χ1v) is 7.75. The van der Waals surface area contributed by atoms with Crippen molar-refractivity contribution in [2.24, 2.45) is 0 Å². The Kier molecular flexibility index (Phi) is 5.95. The zero-order valence-corrected chi connectivity index (χ0v) is 14.4. The highest BCUT2D eigenvalue weighted by atomic mass is 35.5. The quantitative estimate of drug-likeness (QED) is 0.477. The maximum absolute atomic E-state index is 12.1. The van der Waals surface area contributed by atoms with E-state index in [1.165, 1.54) is 49.4 Å². The van der Waals surface area contributed by atoms with Gasteiger partial charge in [-0.05, 0) is 25.1 Å². The molecule has 0 saturated carbocycles. The van der Waals surface area contributed by atoms with E-state index < -0.39 is 22.9 Å². The van der Waals surface area contributed by atoms with E-state index in [0.717, 1.165) is 0 Å². The molecule has 0 spiro atoms. The van der Waals surface area contributed by atoms with Gasteiger partial charge in [-0.3, -0.25) is 14.9 Å². The summed E-state index contributed by atoms with van der Waals surface area (Å²) in [5.41, 5.74) is 0.0696. The Labute approximate surface area is 152 Å². The minimum Gasteiger partial charge on any atom is -0.449 e. The van der Waals surface area contributed by atoms with E-state index in [2.05, 4.69) is 5.32 Å². The van der Waals surface area contributed by atoms with Crippen LogP contribution in [0.25, 0.3) is 0 Å². The molecule has 1 atom stereocenters. The van der Waals surface area contributed by atoms with Gasteiger partial charge in [0.15, 0.2) is 6.10 Å². The number of esters is 1. The van der Waals surface area contributed by atoms with Crippen LogP contribution in [0.2, 0.25) is 10.0 Å². The first-order chi connectivity index (χ1) is 11.8. The second kappa shape index (κ2) is 7.96. The van der Waals surface area contributed by atoms with Crippen LogP contribution in [0.4, 0.5) is 11.4 Å². The first-order valence-electron chi connectivity index (χ1n) is 7.00. The third kappa shape index (κ3) is 4.68. The van der Waals surface area contributed by atoms with Gasteiger partial charge in [-0.1, -0.05) is 35.3 Å². The van der Waals surface area contributed by atoms with Crippen LogP contribution < -0.4 is 5.32 Å². The maximum Gasteiger partial charge on any atom is 0.340 e. The number of anilines is 1. The largest absolute Gasteiger partial charge is 0.449 e. The van der Waals surface area contributed by atoms with Crippen LogP contribution in [0.1, 0.15) is 17.3 Å². The van der Waals surface area contributed by atoms with Gasteiger partial charge in [0.25, 0.3) is 11.6 Å². The van der Waals surface area contributed by atoms with E-state index in [1.54, 1.807) is 0 Å². The lowest BCUT2D eigenvalue weighted by molar-refractivity contribution is -0.384. The molecule has 0 saturated heterocycles. The molecule has 7 nitrogen and oxygen atoms in total. The number of hydrogen-bond donors (Lipinski definition) is 1. The lowest BCUT2D eigenvalue weighted by Gasteiger charge is -2.14. The third-order valence-corrected chi connectivity index (χ3v) is 3.97. The molecule has 0 aliphatic rings. The van der Waals surface area contributed by atoms with Crippen molar-refractivity contribution in [3.8, 4) is 0 Å². The van der Waals surface area contributed by atoms with Crippen LogP contribution in [0, 0.1) is 10.1 Å². The van der Waals surface area contributed by atoms with Crippen molar-refractivity contribution in [3.63, 3.8) is 0 Å². The molecule has 1 amide bonds. The maximum atomic E-state index is 12.1. The summed E-state index contributed by atoms with van der Waals surface area (Å²) in [4.78, 5) is 34.3. The Hall–Kier alpha value is -2.64. The molecular formula is C16H12Cl2N2O5. The summed E-state index contributed by atoms with van der Waals surface area (Å²) in [5, 5.41) is 13.4. The molecule has 2 aromatic carbocycles.